The molecule has 1 amide bonds. The lowest BCUT2D eigenvalue weighted by Crippen LogP contribution is -2.22. The van der Waals surface area contributed by atoms with E-state index < -0.39 is 58.6 Å². The molecule has 2 rings (SSSR count). The van der Waals surface area contributed by atoms with Gasteiger partial charge in [0, 0.05) is 11.9 Å². The third-order valence-corrected chi connectivity index (χ3v) is 3.12. The van der Waals surface area contributed by atoms with Crippen molar-refractivity contribution in [2.24, 2.45) is 0 Å². The quantitative estimate of drug-likeness (QED) is 0.553. The van der Waals surface area contributed by atoms with Crippen molar-refractivity contribution < 1.29 is 48.7 Å². The third kappa shape index (κ3) is 4.86. The van der Waals surface area contributed by atoms with Crippen LogP contribution in [0.25, 0.3) is 0 Å². The molecule has 1 aromatic carbocycles. The lowest BCUT2D eigenvalue weighted by atomic mass is 10.1. The van der Waals surface area contributed by atoms with Gasteiger partial charge >= 0.3 is 24.6 Å². The van der Waals surface area contributed by atoms with Crippen LogP contribution in [-0.2, 0) is 18.5 Å². The lowest BCUT2D eigenvalue weighted by molar-refractivity contribution is -0.143. The number of hydrogen-bond acceptors (Lipinski definition) is 3. The van der Waals surface area contributed by atoms with Crippen LogP contribution in [0.2, 0.25) is 0 Å². The number of aromatic nitrogens is 2. The molecule has 1 heterocycles. The Balaban J connectivity index is 2.50. The molecule has 0 fully saturated rings. The van der Waals surface area contributed by atoms with E-state index in [0.717, 1.165) is 0 Å². The Morgan fingerprint density at radius 3 is 1.75 bits per heavy atom. The molecule has 4 nitrogen and oxygen atoms in total. The van der Waals surface area contributed by atoms with E-state index in [1.54, 1.807) is 0 Å². The Bertz CT molecular complexity index is 869. The van der Waals surface area contributed by atoms with Crippen molar-refractivity contribution in [1.82, 2.24) is 9.97 Å². The molecular formula is C14H5F10N3O. The first-order valence-corrected chi connectivity index (χ1v) is 6.79. The Morgan fingerprint density at radius 1 is 0.821 bits per heavy atom. The van der Waals surface area contributed by atoms with E-state index in [2.05, 4.69) is 9.97 Å². The summed E-state index contributed by atoms with van der Waals surface area (Å²) in [6, 6.07) is -0.0621. The van der Waals surface area contributed by atoms with Crippen molar-refractivity contribution in [3.63, 3.8) is 0 Å². The van der Waals surface area contributed by atoms with Crippen LogP contribution in [0.1, 0.15) is 27.2 Å². The number of carbonyl (C=O) groups excluding carboxylic acids is 1. The molecule has 0 radical (unpaired) electrons. The van der Waals surface area contributed by atoms with E-state index in [9.17, 15) is 48.7 Å². The van der Waals surface area contributed by atoms with E-state index in [0.29, 0.717) is 0 Å². The highest BCUT2D eigenvalue weighted by atomic mass is 19.4. The van der Waals surface area contributed by atoms with Crippen molar-refractivity contribution in [3.05, 3.63) is 52.9 Å². The van der Waals surface area contributed by atoms with Gasteiger partial charge in [-0.1, -0.05) is 0 Å². The topological polar surface area (TPSA) is 54.9 Å². The van der Waals surface area contributed by atoms with E-state index in [1.165, 1.54) is 5.32 Å². The molecule has 0 unspecified atom stereocenters. The molecule has 0 aliphatic heterocycles. The highest BCUT2D eigenvalue weighted by molar-refractivity contribution is 6.05. The second-order valence-electron chi connectivity index (χ2n) is 5.15. The highest BCUT2D eigenvalue weighted by Crippen LogP contribution is 2.38. The number of benzene rings is 1. The van der Waals surface area contributed by atoms with Gasteiger partial charge in [-0.2, -0.15) is 48.9 Å². The molecule has 0 bridgehead atoms. The Kier molecular flexibility index (Phi) is 5.27. The maximum absolute atomic E-state index is 12.8. The van der Waals surface area contributed by atoms with Crippen LogP contribution in [-0.4, -0.2) is 15.9 Å². The standard InChI is InChI=1S/C14H5F10N3O/c15-11-25-4-8(9(27-11)14(22,23)24)10(28)26-7-2-5(12(16,17)18)1-6(3-7)13(19,20)21/h1-4H,(H,26,28). The number of carbonyl (C=O) groups is 1. The molecule has 0 saturated carbocycles. The summed E-state index contributed by atoms with van der Waals surface area (Å²) in [5.41, 5.74) is -8.15. The minimum Gasteiger partial charge on any atom is -0.322 e. The predicted molar refractivity (Wildman–Crippen MR) is 71.4 cm³/mol. The van der Waals surface area contributed by atoms with Gasteiger partial charge in [0.2, 0.25) is 0 Å². The maximum atomic E-state index is 12.8. The van der Waals surface area contributed by atoms with Crippen LogP contribution in [0.3, 0.4) is 0 Å². The van der Waals surface area contributed by atoms with Gasteiger partial charge in [0.05, 0.1) is 16.7 Å². The zero-order valence-electron chi connectivity index (χ0n) is 12.9. The Hall–Kier alpha value is -2.93. The average Bonchev–Trinajstić information content (AvgIpc) is 2.51. The van der Waals surface area contributed by atoms with Gasteiger partial charge in [-0.25, -0.2) is 4.98 Å². The van der Waals surface area contributed by atoms with Gasteiger partial charge in [0.15, 0.2) is 5.69 Å². The molecule has 152 valence electrons. The number of nitrogens with zero attached hydrogens (tertiary/aromatic N) is 2. The Morgan fingerprint density at radius 2 is 1.32 bits per heavy atom. The summed E-state index contributed by atoms with van der Waals surface area (Å²) in [4.78, 5) is 17.1. The largest absolute Gasteiger partial charge is 0.434 e. The number of rotatable bonds is 2. The molecule has 28 heavy (non-hydrogen) atoms. The zero-order chi connectivity index (χ0) is 21.5. The smallest absolute Gasteiger partial charge is 0.322 e. The van der Waals surface area contributed by atoms with Crippen LogP contribution in [0.5, 0.6) is 0 Å². The number of anilines is 1. The van der Waals surface area contributed by atoms with E-state index in [4.69, 9.17) is 0 Å². The van der Waals surface area contributed by atoms with Crippen LogP contribution in [0, 0.1) is 6.08 Å². The van der Waals surface area contributed by atoms with Crippen molar-refractivity contribution >= 4 is 11.6 Å². The number of halogens is 10. The normalized spacial score (nSPS) is 12.8. The maximum Gasteiger partial charge on any atom is 0.434 e. The summed E-state index contributed by atoms with van der Waals surface area (Å²) in [6.07, 6.45) is -17.6. The minimum absolute atomic E-state index is 0.0881. The fourth-order valence-corrected chi connectivity index (χ4v) is 1.97. The second kappa shape index (κ2) is 6.91. The van der Waals surface area contributed by atoms with Crippen molar-refractivity contribution in [1.29, 1.82) is 0 Å². The summed E-state index contributed by atoms with van der Waals surface area (Å²) in [5.74, 6) is -1.79. The van der Waals surface area contributed by atoms with Gasteiger partial charge < -0.3 is 5.32 Å². The predicted octanol–water partition coefficient (Wildman–Crippen LogP) is 4.92. The molecule has 0 aliphatic rings. The van der Waals surface area contributed by atoms with Crippen molar-refractivity contribution in [2.45, 2.75) is 18.5 Å². The Labute approximate surface area is 148 Å². The first-order chi connectivity index (χ1) is 12.6. The summed E-state index contributed by atoms with van der Waals surface area (Å²) in [6.45, 7) is 0. The van der Waals surface area contributed by atoms with Crippen LogP contribution in [0.15, 0.2) is 24.4 Å². The average molecular weight is 421 g/mol. The monoisotopic (exact) mass is 421 g/mol. The van der Waals surface area contributed by atoms with Gasteiger partial charge in [-0.05, 0) is 18.2 Å². The molecule has 0 aliphatic carbocycles. The molecule has 1 N–H and O–H groups in total. The molecule has 0 atom stereocenters. The summed E-state index contributed by atoms with van der Waals surface area (Å²) in [5, 5.41) is 1.47. The van der Waals surface area contributed by atoms with Crippen LogP contribution in [0.4, 0.5) is 49.6 Å². The second-order valence-corrected chi connectivity index (χ2v) is 5.15. The van der Waals surface area contributed by atoms with Gasteiger partial charge in [0.25, 0.3) is 5.91 Å². The van der Waals surface area contributed by atoms with Gasteiger partial charge in [0.1, 0.15) is 0 Å². The fourth-order valence-electron chi connectivity index (χ4n) is 1.97. The first-order valence-electron chi connectivity index (χ1n) is 6.79. The summed E-state index contributed by atoms with van der Waals surface area (Å²) in [7, 11) is 0. The van der Waals surface area contributed by atoms with E-state index in [-0.39, 0.29) is 24.4 Å². The molecular weight excluding hydrogens is 416 g/mol. The molecule has 1 aromatic heterocycles. The SMILES string of the molecule is O=C(Nc1cc(C(F)(F)F)cc(C(F)(F)F)c1)c1cnc(F)nc1C(F)(F)F. The first kappa shape index (κ1) is 21.4. The molecule has 2 aromatic rings. The van der Waals surface area contributed by atoms with Crippen LogP contribution >= 0.6 is 0 Å². The fraction of sp³-hybridized carbons (Fsp3) is 0.214. The van der Waals surface area contributed by atoms with Crippen LogP contribution < -0.4 is 5.32 Å². The minimum atomic E-state index is -5.35. The van der Waals surface area contributed by atoms with Crippen molar-refractivity contribution in [3.8, 4) is 0 Å². The molecule has 0 saturated heterocycles. The molecule has 0 spiro atoms. The van der Waals surface area contributed by atoms with Crippen molar-refractivity contribution in [2.75, 3.05) is 5.32 Å². The molecule has 14 heteroatoms. The van der Waals surface area contributed by atoms with E-state index in [1.807, 2.05) is 0 Å². The summed E-state index contributed by atoms with van der Waals surface area (Å²) >= 11 is 0. The number of alkyl halides is 9. The number of nitrogens with one attached hydrogen (secondary N) is 1. The highest BCUT2D eigenvalue weighted by Gasteiger charge is 2.39. The zero-order valence-corrected chi connectivity index (χ0v) is 12.9. The number of amides is 1. The number of hydrogen-bond donors (Lipinski definition) is 1. The van der Waals surface area contributed by atoms with Gasteiger partial charge in [-0.15, -0.1) is 0 Å². The summed E-state index contributed by atoms with van der Waals surface area (Å²) < 4.78 is 128. The van der Waals surface area contributed by atoms with E-state index >= 15 is 0 Å². The third-order valence-electron chi connectivity index (χ3n) is 3.12. The van der Waals surface area contributed by atoms with Gasteiger partial charge in [-0.3, -0.25) is 4.79 Å². The lowest BCUT2D eigenvalue weighted by Gasteiger charge is -2.15.